The molecule has 0 bridgehead atoms. The Bertz CT molecular complexity index is 557. The van der Waals surface area contributed by atoms with E-state index in [-0.39, 0.29) is 5.82 Å². The molecular weight excluding hydrogens is 295 g/mol. The molecule has 0 saturated heterocycles. The molecule has 0 aliphatic rings. The van der Waals surface area contributed by atoms with E-state index in [0.717, 1.165) is 15.7 Å². The number of hydrogen-bond donors (Lipinski definition) is 1. The Morgan fingerprint density at radius 3 is 2.67 bits per heavy atom. The highest BCUT2D eigenvalue weighted by Crippen LogP contribution is 2.22. The van der Waals surface area contributed by atoms with Crippen molar-refractivity contribution in [1.29, 1.82) is 0 Å². The van der Waals surface area contributed by atoms with Gasteiger partial charge >= 0.3 is 0 Å². The molecule has 2 rings (SSSR count). The summed E-state index contributed by atoms with van der Waals surface area (Å²) >= 11 is 3.36. The average Bonchev–Trinajstić information content (AvgIpc) is 2.34. The van der Waals surface area contributed by atoms with Crippen LogP contribution in [0.15, 0.2) is 46.9 Å². The lowest BCUT2D eigenvalue weighted by Gasteiger charge is -2.19. The van der Waals surface area contributed by atoms with Crippen molar-refractivity contribution in [2.24, 2.45) is 0 Å². The van der Waals surface area contributed by atoms with Crippen LogP contribution in [-0.4, -0.2) is 7.05 Å². The molecule has 0 radical (unpaired) electrons. The maximum Gasteiger partial charge on any atom is 0.125 e. The van der Waals surface area contributed by atoms with Gasteiger partial charge in [-0.25, -0.2) is 4.39 Å². The van der Waals surface area contributed by atoms with Crippen molar-refractivity contribution in [3.63, 3.8) is 0 Å². The van der Waals surface area contributed by atoms with Gasteiger partial charge in [0.25, 0.3) is 0 Å². The van der Waals surface area contributed by atoms with Crippen molar-refractivity contribution < 1.29 is 4.39 Å². The van der Waals surface area contributed by atoms with Crippen LogP contribution >= 0.6 is 15.9 Å². The van der Waals surface area contributed by atoms with E-state index in [4.69, 9.17) is 5.73 Å². The first-order valence-corrected chi connectivity index (χ1v) is 6.36. The lowest BCUT2D eigenvalue weighted by molar-refractivity contribution is 0.627. The third kappa shape index (κ3) is 3.01. The number of nitrogen functional groups attached to an aromatic ring is 1. The minimum absolute atomic E-state index is 0.227. The summed E-state index contributed by atoms with van der Waals surface area (Å²) in [6, 6.07) is 12.4. The zero-order chi connectivity index (χ0) is 13.1. The molecule has 0 unspecified atom stereocenters. The fraction of sp³-hybridized carbons (Fsp3) is 0.143. The van der Waals surface area contributed by atoms with Crippen LogP contribution in [0.1, 0.15) is 5.56 Å². The van der Waals surface area contributed by atoms with Gasteiger partial charge in [-0.05, 0) is 51.8 Å². The SMILES string of the molecule is CN(Cc1ccc(Br)c(N)c1)c1cccc(F)c1. The van der Waals surface area contributed by atoms with Gasteiger partial charge in [0.15, 0.2) is 0 Å². The Kier molecular flexibility index (Phi) is 3.87. The van der Waals surface area contributed by atoms with E-state index in [9.17, 15) is 4.39 Å². The first kappa shape index (κ1) is 12.9. The smallest absolute Gasteiger partial charge is 0.125 e. The molecule has 0 atom stereocenters. The van der Waals surface area contributed by atoms with E-state index >= 15 is 0 Å². The van der Waals surface area contributed by atoms with Gasteiger partial charge in [0, 0.05) is 29.4 Å². The molecule has 2 aromatic rings. The molecule has 0 amide bonds. The van der Waals surface area contributed by atoms with Gasteiger partial charge in [-0.2, -0.15) is 0 Å². The van der Waals surface area contributed by atoms with Crippen molar-refractivity contribution in [3.05, 3.63) is 58.3 Å². The van der Waals surface area contributed by atoms with Gasteiger partial charge in [0.2, 0.25) is 0 Å². The van der Waals surface area contributed by atoms with E-state index in [1.807, 2.05) is 36.2 Å². The number of halogens is 2. The number of benzene rings is 2. The average molecular weight is 309 g/mol. The normalized spacial score (nSPS) is 10.4. The summed E-state index contributed by atoms with van der Waals surface area (Å²) < 4.78 is 14.0. The minimum atomic E-state index is -0.227. The highest BCUT2D eigenvalue weighted by molar-refractivity contribution is 9.10. The fourth-order valence-electron chi connectivity index (χ4n) is 1.77. The van der Waals surface area contributed by atoms with E-state index in [1.165, 1.54) is 12.1 Å². The van der Waals surface area contributed by atoms with Crippen molar-refractivity contribution in [2.75, 3.05) is 17.7 Å². The van der Waals surface area contributed by atoms with Gasteiger partial charge in [0.05, 0.1) is 0 Å². The summed E-state index contributed by atoms with van der Waals surface area (Å²) in [5.41, 5.74) is 8.47. The molecule has 4 heteroatoms. The summed E-state index contributed by atoms with van der Waals surface area (Å²) in [5.74, 6) is -0.227. The Labute approximate surface area is 114 Å². The lowest BCUT2D eigenvalue weighted by atomic mass is 10.2. The van der Waals surface area contributed by atoms with Crippen LogP contribution < -0.4 is 10.6 Å². The Hall–Kier alpha value is -1.55. The molecule has 2 aromatic carbocycles. The second-order valence-corrected chi connectivity index (χ2v) is 5.05. The summed E-state index contributed by atoms with van der Waals surface area (Å²) in [6.07, 6.45) is 0. The molecule has 0 aliphatic carbocycles. The quantitative estimate of drug-likeness (QED) is 0.874. The summed E-state index contributed by atoms with van der Waals surface area (Å²) in [7, 11) is 1.92. The molecule has 0 heterocycles. The van der Waals surface area contributed by atoms with Gasteiger partial charge in [-0.1, -0.05) is 12.1 Å². The van der Waals surface area contributed by atoms with E-state index in [1.54, 1.807) is 6.07 Å². The maximum absolute atomic E-state index is 13.1. The number of anilines is 2. The van der Waals surface area contributed by atoms with Crippen LogP contribution in [0.5, 0.6) is 0 Å². The molecule has 0 aromatic heterocycles. The van der Waals surface area contributed by atoms with Crippen LogP contribution in [0, 0.1) is 5.82 Å². The summed E-state index contributed by atoms with van der Waals surface area (Å²) in [4.78, 5) is 1.98. The van der Waals surface area contributed by atoms with Crippen molar-refractivity contribution in [2.45, 2.75) is 6.54 Å². The molecule has 2 nitrogen and oxygen atoms in total. The molecule has 0 aliphatic heterocycles. The van der Waals surface area contributed by atoms with Gasteiger partial charge in [-0.15, -0.1) is 0 Å². The van der Waals surface area contributed by atoms with Gasteiger partial charge in [0.1, 0.15) is 5.82 Å². The lowest BCUT2D eigenvalue weighted by Crippen LogP contribution is -2.16. The third-order valence-electron chi connectivity index (χ3n) is 2.73. The van der Waals surface area contributed by atoms with E-state index in [0.29, 0.717) is 12.2 Å². The number of hydrogen-bond acceptors (Lipinski definition) is 2. The molecule has 2 N–H and O–H groups in total. The number of rotatable bonds is 3. The van der Waals surface area contributed by atoms with Gasteiger partial charge in [-0.3, -0.25) is 0 Å². The van der Waals surface area contributed by atoms with Crippen LogP contribution in [0.4, 0.5) is 15.8 Å². The second-order valence-electron chi connectivity index (χ2n) is 4.19. The molecule has 0 fully saturated rings. The first-order valence-electron chi connectivity index (χ1n) is 5.57. The Morgan fingerprint density at radius 2 is 2.00 bits per heavy atom. The van der Waals surface area contributed by atoms with Crippen LogP contribution in [0.2, 0.25) is 0 Å². The predicted molar refractivity (Wildman–Crippen MR) is 77.1 cm³/mol. The fourth-order valence-corrected chi connectivity index (χ4v) is 2.02. The number of nitrogens with zero attached hydrogens (tertiary/aromatic N) is 1. The predicted octanol–water partition coefficient (Wildman–Crippen LogP) is 3.81. The Balaban J connectivity index is 2.16. The van der Waals surface area contributed by atoms with Crippen molar-refractivity contribution in [1.82, 2.24) is 0 Å². The molecule has 94 valence electrons. The third-order valence-corrected chi connectivity index (χ3v) is 3.45. The largest absolute Gasteiger partial charge is 0.398 e. The summed E-state index contributed by atoms with van der Waals surface area (Å²) in [5, 5.41) is 0. The van der Waals surface area contributed by atoms with Crippen molar-refractivity contribution >= 4 is 27.3 Å². The van der Waals surface area contributed by atoms with Crippen LogP contribution in [0.25, 0.3) is 0 Å². The van der Waals surface area contributed by atoms with E-state index < -0.39 is 0 Å². The molecular formula is C14H14BrFN2. The van der Waals surface area contributed by atoms with E-state index in [2.05, 4.69) is 15.9 Å². The standard InChI is InChI=1S/C14H14BrFN2/c1-18(12-4-2-3-11(16)8-12)9-10-5-6-13(15)14(17)7-10/h2-8H,9,17H2,1H3. The highest BCUT2D eigenvalue weighted by atomic mass is 79.9. The molecule has 0 saturated carbocycles. The Morgan fingerprint density at radius 1 is 1.22 bits per heavy atom. The van der Waals surface area contributed by atoms with Crippen LogP contribution in [-0.2, 0) is 6.54 Å². The molecule has 0 spiro atoms. The monoisotopic (exact) mass is 308 g/mol. The zero-order valence-corrected chi connectivity index (χ0v) is 11.6. The van der Waals surface area contributed by atoms with Crippen LogP contribution in [0.3, 0.4) is 0 Å². The zero-order valence-electron chi connectivity index (χ0n) is 10.0. The minimum Gasteiger partial charge on any atom is -0.398 e. The maximum atomic E-state index is 13.1. The molecule has 18 heavy (non-hydrogen) atoms. The highest BCUT2D eigenvalue weighted by Gasteiger charge is 2.04. The van der Waals surface area contributed by atoms with Crippen molar-refractivity contribution in [3.8, 4) is 0 Å². The second kappa shape index (κ2) is 5.40. The number of nitrogens with two attached hydrogens (primary N) is 1. The summed E-state index contributed by atoms with van der Waals surface area (Å²) in [6.45, 7) is 0.681. The van der Waals surface area contributed by atoms with Gasteiger partial charge < -0.3 is 10.6 Å². The first-order chi connectivity index (χ1) is 8.56. The topological polar surface area (TPSA) is 29.3 Å².